The minimum Gasteiger partial charge on any atom is -0.388 e. The SMILES string of the molecule is CN(CCC(O)c1ccc(Cl)cc1)C1CC1. The molecule has 0 spiro atoms. The quantitative estimate of drug-likeness (QED) is 0.854. The van der Waals surface area contributed by atoms with Crippen LogP contribution in [0.15, 0.2) is 24.3 Å². The molecule has 0 amide bonds. The molecule has 1 aliphatic carbocycles. The third-order valence-electron chi connectivity index (χ3n) is 3.18. The van der Waals surface area contributed by atoms with Crippen molar-refractivity contribution in [3.05, 3.63) is 34.9 Å². The van der Waals surface area contributed by atoms with Gasteiger partial charge in [-0.1, -0.05) is 23.7 Å². The summed E-state index contributed by atoms with van der Waals surface area (Å²) in [7, 11) is 2.13. The number of hydrogen-bond acceptors (Lipinski definition) is 2. The van der Waals surface area contributed by atoms with E-state index in [1.54, 1.807) is 0 Å². The minimum atomic E-state index is -0.376. The fourth-order valence-electron chi connectivity index (χ4n) is 1.88. The standard InChI is InChI=1S/C13H18ClNO/c1-15(12-6-7-12)9-8-13(16)10-2-4-11(14)5-3-10/h2-5,12-13,16H,6-9H2,1H3. The summed E-state index contributed by atoms with van der Waals surface area (Å²) in [5, 5.41) is 10.7. The van der Waals surface area contributed by atoms with Gasteiger partial charge >= 0.3 is 0 Å². The molecule has 1 aliphatic rings. The van der Waals surface area contributed by atoms with Crippen molar-refractivity contribution in [1.29, 1.82) is 0 Å². The summed E-state index contributed by atoms with van der Waals surface area (Å²) >= 11 is 5.80. The lowest BCUT2D eigenvalue weighted by Gasteiger charge is -2.18. The van der Waals surface area contributed by atoms with Crippen molar-refractivity contribution in [3.63, 3.8) is 0 Å². The van der Waals surface area contributed by atoms with E-state index in [1.165, 1.54) is 12.8 Å². The van der Waals surface area contributed by atoms with Gasteiger partial charge in [0, 0.05) is 17.6 Å². The molecule has 1 atom stereocenters. The average molecular weight is 240 g/mol. The zero-order valence-electron chi connectivity index (χ0n) is 9.56. The van der Waals surface area contributed by atoms with Crippen LogP contribution in [0.4, 0.5) is 0 Å². The Morgan fingerprint density at radius 1 is 1.38 bits per heavy atom. The van der Waals surface area contributed by atoms with Crippen LogP contribution in [0.5, 0.6) is 0 Å². The molecule has 0 radical (unpaired) electrons. The van der Waals surface area contributed by atoms with E-state index >= 15 is 0 Å². The lowest BCUT2D eigenvalue weighted by Crippen LogP contribution is -2.23. The van der Waals surface area contributed by atoms with Crippen molar-refractivity contribution in [2.75, 3.05) is 13.6 Å². The van der Waals surface area contributed by atoms with Gasteiger partial charge in [0.2, 0.25) is 0 Å². The van der Waals surface area contributed by atoms with Gasteiger partial charge in [-0.05, 0) is 44.0 Å². The van der Waals surface area contributed by atoms with E-state index in [4.69, 9.17) is 11.6 Å². The van der Waals surface area contributed by atoms with Crippen LogP contribution in [0, 0.1) is 0 Å². The zero-order chi connectivity index (χ0) is 11.5. The number of benzene rings is 1. The first kappa shape index (κ1) is 11.9. The first-order chi connectivity index (χ1) is 7.66. The summed E-state index contributed by atoms with van der Waals surface area (Å²) in [6.07, 6.45) is 3.04. The van der Waals surface area contributed by atoms with Gasteiger partial charge in [-0.15, -0.1) is 0 Å². The Morgan fingerprint density at radius 2 is 2.00 bits per heavy atom. The molecule has 2 rings (SSSR count). The van der Waals surface area contributed by atoms with Gasteiger partial charge in [-0.3, -0.25) is 0 Å². The highest BCUT2D eigenvalue weighted by Crippen LogP contribution is 2.26. The summed E-state index contributed by atoms with van der Waals surface area (Å²) in [5.74, 6) is 0. The van der Waals surface area contributed by atoms with Crippen LogP contribution >= 0.6 is 11.6 Å². The van der Waals surface area contributed by atoms with Crippen molar-refractivity contribution in [2.24, 2.45) is 0 Å². The maximum Gasteiger partial charge on any atom is 0.0802 e. The Balaban J connectivity index is 1.82. The molecule has 1 N–H and O–H groups in total. The van der Waals surface area contributed by atoms with E-state index in [1.807, 2.05) is 24.3 Å². The highest BCUT2D eigenvalue weighted by atomic mass is 35.5. The van der Waals surface area contributed by atoms with Crippen LogP contribution in [0.2, 0.25) is 5.02 Å². The van der Waals surface area contributed by atoms with Crippen molar-refractivity contribution in [2.45, 2.75) is 31.4 Å². The van der Waals surface area contributed by atoms with Crippen molar-refractivity contribution in [3.8, 4) is 0 Å². The molecule has 1 aromatic carbocycles. The molecule has 1 unspecified atom stereocenters. The second-order valence-corrected chi connectivity index (χ2v) is 5.00. The van der Waals surface area contributed by atoms with Crippen LogP contribution in [0.25, 0.3) is 0 Å². The molecule has 88 valence electrons. The molecular weight excluding hydrogens is 222 g/mol. The van der Waals surface area contributed by atoms with Crippen LogP contribution < -0.4 is 0 Å². The minimum absolute atomic E-state index is 0.376. The van der Waals surface area contributed by atoms with Crippen LogP contribution in [-0.2, 0) is 0 Å². The summed E-state index contributed by atoms with van der Waals surface area (Å²) in [5.41, 5.74) is 0.952. The Labute approximate surface area is 102 Å². The van der Waals surface area contributed by atoms with Crippen molar-refractivity contribution < 1.29 is 5.11 Å². The number of aliphatic hydroxyl groups excluding tert-OH is 1. The third kappa shape index (κ3) is 3.21. The topological polar surface area (TPSA) is 23.5 Å². The maximum absolute atomic E-state index is 9.99. The molecule has 16 heavy (non-hydrogen) atoms. The van der Waals surface area contributed by atoms with Gasteiger partial charge in [-0.2, -0.15) is 0 Å². The molecule has 1 saturated carbocycles. The number of aliphatic hydroxyl groups is 1. The molecule has 0 saturated heterocycles. The van der Waals surface area contributed by atoms with Gasteiger partial charge in [0.05, 0.1) is 6.10 Å². The highest BCUT2D eigenvalue weighted by Gasteiger charge is 2.26. The molecule has 0 heterocycles. The molecule has 3 heteroatoms. The fourth-order valence-corrected chi connectivity index (χ4v) is 2.00. The van der Waals surface area contributed by atoms with Gasteiger partial charge in [0.1, 0.15) is 0 Å². The monoisotopic (exact) mass is 239 g/mol. The number of rotatable bonds is 5. The normalized spacial score (nSPS) is 17.8. The van der Waals surface area contributed by atoms with Gasteiger partial charge < -0.3 is 10.0 Å². The molecule has 0 bridgehead atoms. The Bertz CT molecular complexity index is 334. The lowest BCUT2D eigenvalue weighted by molar-refractivity contribution is 0.147. The second kappa shape index (κ2) is 5.17. The number of nitrogens with zero attached hydrogens (tertiary/aromatic N) is 1. The van der Waals surface area contributed by atoms with E-state index in [0.29, 0.717) is 5.02 Å². The maximum atomic E-state index is 9.99. The first-order valence-electron chi connectivity index (χ1n) is 5.80. The number of halogens is 1. The zero-order valence-corrected chi connectivity index (χ0v) is 10.3. The van der Waals surface area contributed by atoms with E-state index in [-0.39, 0.29) is 6.10 Å². The largest absolute Gasteiger partial charge is 0.388 e. The van der Waals surface area contributed by atoms with Crippen LogP contribution in [0.1, 0.15) is 30.9 Å². The van der Waals surface area contributed by atoms with Crippen molar-refractivity contribution >= 4 is 11.6 Å². The highest BCUT2D eigenvalue weighted by molar-refractivity contribution is 6.30. The van der Waals surface area contributed by atoms with E-state index in [2.05, 4.69) is 11.9 Å². The summed E-state index contributed by atoms with van der Waals surface area (Å²) < 4.78 is 0. The smallest absolute Gasteiger partial charge is 0.0802 e. The van der Waals surface area contributed by atoms with E-state index in [0.717, 1.165) is 24.6 Å². The van der Waals surface area contributed by atoms with Gasteiger partial charge in [0.25, 0.3) is 0 Å². The lowest BCUT2D eigenvalue weighted by atomic mass is 10.1. The second-order valence-electron chi connectivity index (χ2n) is 4.57. The summed E-state index contributed by atoms with van der Waals surface area (Å²) in [4.78, 5) is 2.33. The Morgan fingerprint density at radius 3 is 2.56 bits per heavy atom. The van der Waals surface area contributed by atoms with Crippen LogP contribution in [0.3, 0.4) is 0 Å². The van der Waals surface area contributed by atoms with E-state index in [9.17, 15) is 5.11 Å². The average Bonchev–Trinajstić information content (AvgIpc) is 3.10. The predicted molar refractivity (Wildman–Crippen MR) is 66.7 cm³/mol. The molecule has 0 aliphatic heterocycles. The Kier molecular flexibility index (Phi) is 3.85. The van der Waals surface area contributed by atoms with E-state index < -0.39 is 0 Å². The molecule has 1 aromatic rings. The fraction of sp³-hybridized carbons (Fsp3) is 0.538. The molecular formula is C13H18ClNO. The summed E-state index contributed by atoms with van der Waals surface area (Å²) in [6.45, 7) is 0.953. The van der Waals surface area contributed by atoms with Crippen molar-refractivity contribution in [1.82, 2.24) is 4.90 Å². The summed E-state index contributed by atoms with van der Waals surface area (Å²) in [6, 6.07) is 8.20. The number of hydrogen-bond donors (Lipinski definition) is 1. The molecule has 1 fully saturated rings. The van der Waals surface area contributed by atoms with Gasteiger partial charge in [-0.25, -0.2) is 0 Å². The van der Waals surface area contributed by atoms with Gasteiger partial charge in [0.15, 0.2) is 0 Å². The van der Waals surface area contributed by atoms with Crippen LogP contribution in [-0.4, -0.2) is 29.6 Å². The molecule has 2 nitrogen and oxygen atoms in total. The molecule has 0 aromatic heterocycles. The predicted octanol–water partition coefficient (Wildman–Crippen LogP) is 2.86. The Hall–Kier alpha value is -0.570. The first-order valence-corrected chi connectivity index (χ1v) is 6.18. The third-order valence-corrected chi connectivity index (χ3v) is 3.43.